The van der Waals surface area contributed by atoms with Crippen LogP contribution in [0.3, 0.4) is 0 Å². The van der Waals surface area contributed by atoms with E-state index in [0.717, 1.165) is 0 Å². The summed E-state index contributed by atoms with van der Waals surface area (Å²) in [5.41, 5.74) is -1.97. The smallest absolute Gasteiger partial charge is 0.318 e. The number of hydrogen-bond acceptors (Lipinski definition) is 3. The van der Waals surface area contributed by atoms with E-state index in [0.29, 0.717) is 13.1 Å². The molecule has 0 bridgehead atoms. The molecular weight excluding hydrogens is 262 g/mol. The fourth-order valence-electron chi connectivity index (χ4n) is 2.04. The van der Waals surface area contributed by atoms with Gasteiger partial charge in [0.25, 0.3) is 0 Å². The summed E-state index contributed by atoms with van der Waals surface area (Å²) in [7, 11) is 1.70. The van der Waals surface area contributed by atoms with Gasteiger partial charge in [-0.25, -0.2) is 4.79 Å². The maximum Gasteiger partial charge on any atom is 0.318 e. The van der Waals surface area contributed by atoms with Crippen molar-refractivity contribution in [1.82, 2.24) is 15.1 Å². The molecule has 0 unspecified atom stereocenters. The number of carbonyl (C=O) groups excluding carboxylic acids is 2. The molecule has 114 valence electrons. The third-order valence-electron chi connectivity index (χ3n) is 3.71. The van der Waals surface area contributed by atoms with Gasteiger partial charge in [-0.2, -0.15) is 0 Å². The van der Waals surface area contributed by atoms with Crippen molar-refractivity contribution in [2.75, 3.05) is 26.7 Å². The van der Waals surface area contributed by atoms with Crippen LogP contribution in [0.1, 0.15) is 27.7 Å². The van der Waals surface area contributed by atoms with Gasteiger partial charge in [-0.05, 0) is 27.7 Å². The number of carboxylic acids is 1. The van der Waals surface area contributed by atoms with Crippen molar-refractivity contribution in [1.29, 1.82) is 0 Å². The summed E-state index contributed by atoms with van der Waals surface area (Å²) >= 11 is 0. The Balaban J connectivity index is 2.73. The van der Waals surface area contributed by atoms with Crippen molar-refractivity contribution in [3.63, 3.8) is 0 Å². The van der Waals surface area contributed by atoms with E-state index < -0.39 is 23.0 Å². The Kier molecular flexibility index (Phi) is 4.31. The van der Waals surface area contributed by atoms with Crippen molar-refractivity contribution in [3.8, 4) is 0 Å². The lowest BCUT2D eigenvalue weighted by Crippen LogP contribution is -2.65. The van der Waals surface area contributed by atoms with E-state index in [1.165, 1.54) is 18.7 Å². The van der Waals surface area contributed by atoms with Crippen molar-refractivity contribution in [2.45, 2.75) is 33.2 Å². The first-order valence-electron chi connectivity index (χ1n) is 6.54. The minimum Gasteiger partial charge on any atom is -0.481 e. The number of amides is 3. The number of aliphatic carboxylic acids is 1. The van der Waals surface area contributed by atoms with E-state index in [-0.39, 0.29) is 12.5 Å². The Hall–Kier alpha value is -1.79. The van der Waals surface area contributed by atoms with Crippen LogP contribution < -0.4 is 5.32 Å². The highest BCUT2D eigenvalue weighted by Crippen LogP contribution is 2.22. The SMILES string of the molecule is CN1CCN(C(=O)NCC(C)(C)C(=O)O)C(C)(C)C1=O. The van der Waals surface area contributed by atoms with Crippen molar-refractivity contribution in [2.24, 2.45) is 5.41 Å². The molecule has 7 nitrogen and oxygen atoms in total. The number of urea groups is 1. The quantitative estimate of drug-likeness (QED) is 0.783. The summed E-state index contributed by atoms with van der Waals surface area (Å²) in [4.78, 5) is 38.3. The molecule has 0 aromatic rings. The Morgan fingerprint density at radius 2 is 1.90 bits per heavy atom. The molecule has 0 atom stereocenters. The minimum absolute atomic E-state index is 0.0117. The fourth-order valence-corrected chi connectivity index (χ4v) is 2.04. The number of carbonyl (C=O) groups is 3. The molecule has 0 saturated carbocycles. The van der Waals surface area contributed by atoms with Gasteiger partial charge in [0.2, 0.25) is 5.91 Å². The lowest BCUT2D eigenvalue weighted by atomic mass is 9.94. The molecule has 0 aliphatic carbocycles. The maximum atomic E-state index is 12.2. The van der Waals surface area contributed by atoms with Crippen LogP contribution in [0.2, 0.25) is 0 Å². The molecule has 0 aromatic carbocycles. The molecule has 20 heavy (non-hydrogen) atoms. The average Bonchev–Trinajstić information content (AvgIpc) is 2.33. The molecule has 1 saturated heterocycles. The fraction of sp³-hybridized carbons (Fsp3) is 0.769. The number of nitrogens with zero attached hydrogens (tertiary/aromatic N) is 2. The summed E-state index contributed by atoms with van der Waals surface area (Å²) < 4.78 is 0. The van der Waals surface area contributed by atoms with Gasteiger partial charge in [-0.15, -0.1) is 0 Å². The van der Waals surface area contributed by atoms with Gasteiger partial charge < -0.3 is 20.2 Å². The highest BCUT2D eigenvalue weighted by atomic mass is 16.4. The lowest BCUT2D eigenvalue weighted by Gasteiger charge is -2.44. The summed E-state index contributed by atoms with van der Waals surface area (Å²) in [6.07, 6.45) is 0. The number of nitrogens with one attached hydrogen (secondary N) is 1. The molecule has 0 spiro atoms. The number of likely N-dealkylation sites (N-methyl/N-ethyl adjacent to an activating group) is 1. The summed E-state index contributed by atoms with van der Waals surface area (Å²) in [5.74, 6) is -1.11. The Labute approximate surface area is 118 Å². The second-order valence-corrected chi connectivity index (χ2v) is 6.29. The Morgan fingerprint density at radius 1 is 1.35 bits per heavy atom. The summed E-state index contributed by atoms with van der Waals surface area (Å²) in [6, 6.07) is -0.411. The molecule has 3 amide bonds. The van der Waals surface area contributed by atoms with E-state index in [1.54, 1.807) is 25.8 Å². The van der Waals surface area contributed by atoms with Gasteiger partial charge in [0, 0.05) is 26.7 Å². The molecule has 1 aliphatic rings. The topological polar surface area (TPSA) is 89.9 Å². The molecule has 1 rings (SSSR count). The third kappa shape index (κ3) is 3.02. The molecule has 7 heteroatoms. The van der Waals surface area contributed by atoms with Gasteiger partial charge in [0.15, 0.2) is 0 Å². The molecule has 1 fully saturated rings. The van der Waals surface area contributed by atoms with Crippen molar-refractivity contribution >= 4 is 17.9 Å². The van der Waals surface area contributed by atoms with Crippen LogP contribution in [-0.4, -0.2) is 65.0 Å². The summed E-state index contributed by atoms with van der Waals surface area (Å²) in [5, 5.41) is 11.6. The van der Waals surface area contributed by atoms with Gasteiger partial charge in [0.1, 0.15) is 5.54 Å². The maximum absolute atomic E-state index is 12.2. The van der Waals surface area contributed by atoms with Crippen molar-refractivity contribution in [3.05, 3.63) is 0 Å². The molecule has 0 radical (unpaired) electrons. The first-order valence-corrected chi connectivity index (χ1v) is 6.54. The van der Waals surface area contributed by atoms with E-state index in [9.17, 15) is 14.4 Å². The standard InChI is InChI=1S/C13H23N3O4/c1-12(2,10(18)19)8-14-11(20)16-7-6-15(5)9(17)13(16,3)4/h6-8H2,1-5H3,(H,14,20)(H,18,19). The number of rotatable bonds is 3. The van der Waals surface area contributed by atoms with Gasteiger partial charge in [0.05, 0.1) is 5.41 Å². The number of carboxylic acid groups (broad SMARTS) is 1. The van der Waals surface area contributed by atoms with Crippen molar-refractivity contribution < 1.29 is 19.5 Å². The Morgan fingerprint density at radius 3 is 2.40 bits per heavy atom. The number of piperazine rings is 1. The molecule has 0 aromatic heterocycles. The molecule has 2 N–H and O–H groups in total. The molecule has 1 aliphatic heterocycles. The van der Waals surface area contributed by atoms with Gasteiger partial charge >= 0.3 is 12.0 Å². The Bertz CT molecular complexity index is 431. The zero-order chi connectivity index (χ0) is 15.7. The number of hydrogen-bond donors (Lipinski definition) is 2. The van der Waals surface area contributed by atoms with E-state index in [4.69, 9.17) is 5.11 Å². The molecule has 1 heterocycles. The largest absolute Gasteiger partial charge is 0.481 e. The normalized spacial score (nSPS) is 18.9. The van der Waals surface area contributed by atoms with E-state index in [1.807, 2.05) is 0 Å². The van der Waals surface area contributed by atoms with Crippen LogP contribution in [0.15, 0.2) is 0 Å². The highest BCUT2D eigenvalue weighted by molar-refractivity contribution is 5.91. The lowest BCUT2D eigenvalue weighted by molar-refractivity contribution is -0.147. The van der Waals surface area contributed by atoms with Crippen LogP contribution in [-0.2, 0) is 9.59 Å². The van der Waals surface area contributed by atoms with Gasteiger partial charge in [-0.3, -0.25) is 9.59 Å². The summed E-state index contributed by atoms with van der Waals surface area (Å²) in [6.45, 7) is 7.36. The zero-order valence-corrected chi connectivity index (χ0v) is 12.7. The van der Waals surface area contributed by atoms with Crippen LogP contribution >= 0.6 is 0 Å². The highest BCUT2D eigenvalue weighted by Gasteiger charge is 2.43. The van der Waals surface area contributed by atoms with Gasteiger partial charge in [-0.1, -0.05) is 0 Å². The predicted molar refractivity (Wildman–Crippen MR) is 73.2 cm³/mol. The second-order valence-electron chi connectivity index (χ2n) is 6.29. The monoisotopic (exact) mass is 285 g/mol. The van der Waals surface area contributed by atoms with E-state index >= 15 is 0 Å². The minimum atomic E-state index is -1.05. The zero-order valence-electron chi connectivity index (χ0n) is 12.7. The third-order valence-corrected chi connectivity index (χ3v) is 3.71. The van der Waals surface area contributed by atoms with Crippen LogP contribution in [0.5, 0.6) is 0 Å². The van der Waals surface area contributed by atoms with Crippen LogP contribution in [0.4, 0.5) is 4.79 Å². The second kappa shape index (κ2) is 5.30. The predicted octanol–water partition coefficient (Wildman–Crippen LogP) is 0.359. The molecular formula is C13H23N3O4. The van der Waals surface area contributed by atoms with Crippen LogP contribution in [0.25, 0.3) is 0 Å². The first kappa shape index (κ1) is 16.3. The first-order chi connectivity index (χ1) is 9.00. The van der Waals surface area contributed by atoms with E-state index in [2.05, 4.69) is 5.32 Å². The average molecular weight is 285 g/mol. The van der Waals surface area contributed by atoms with Crippen LogP contribution in [0, 0.1) is 5.41 Å².